The second kappa shape index (κ2) is 6.56. The van der Waals surface area contributed by atoms with Gasteiger partial charge < -0.3 is 10.0 Å². The number of hydrogen-bond donors (Lipinski definition) is 1. The molecule has 1 N–H and O–H groups in total. The highest BCUT2D eigenvalue weighted by Gasteiger charge is 2.13. The van der Waals surface area contributed by atoms with Crippen molar-refractivity contribution < 1.29 is 10.0 Å². The fourth-order valence-electron chi connectivity index (χ4n) is 2.13. The van der Waals surface area contributed by atoms with Crippen molar-refractivity contribution >= 4 is 23.0 Å². The van der Waals surface area contributed by atoms with Crippen LogP contribution in [-0.2, 0) is 13.2 Å². The molecule has 0 atom stereocenters. The van der Waals surface area contributed by atoms with Gasteiger partial charge >= 0.3 is 0 Å². The van der Waals surface area contributed by atoms with Crippen molar-refractivity contribution in [2.75, 3.05) is 11.9 Å². The predicted octanol–water partition coefficient (Wildman–Crippen LogP) is 3.38. The first-order valence-electron chi connectivity index (χ1n) is 6.35. The van der Waals surface area contributed by atoms with Gasteiger partial charge in [0.1, 0.15) is 0 Å². The molecule has 0 aromatic heterocycles. The highest BCUT2D eigenvalue weighted by molar-refractivity contribution is 6.30. The molecule has 0 saturated carbocycles. The summed E-state index contributed by atoms with van der Waals surface area (Å²) in [6, 6.07) is 12.0. The Labute approximate surface area is 127 Å². The Bertz CT molecular complexity index is 644. The van der Waals surface area contributed by atoms with E-state index < -0.39 is 4.92 Å². The molecule has 2 aromatic carbocycles. The number of nitro benzene ring substituents is 1. The Morgan fingerprint density at radius 1 is 1.24 bits per heavy atom. The lowest BCUT2D eigenvalue weighted by Gasteiger charge is -2.22. The van der Waals surface area contributed by atoms with Crippen LogP contribution >= 0.6 is 11.6 Å². The molecular formula is C15H15ClN2O3. The summed E-state index contributed by atoms with van der Waals surface area (Å²) in [7, 11) is 1.87. The fourth-order valence-corrected chi connectivity index (χ4v) is 2.26. The molecule has 0 heterocycles. The van der Waals surface area contributed by atoms with E-state index in [0.29, 0.717) is 17.1 Å². The molecule has 0 aliphatic carbocycles. The molecule has 0 fully saturated rings. The van der Waals surface area contributed by atoms with Crippen LogP contribution in [0.15, 0.2) is 42.5 Å². The molecule has 6 heteroatoms. The van der Waals surface area contributed by atoms with Gasteiger partial charge in [0.2, 0.25) is 0 Å². The van der Waals surface area contributed by atoms with Crippen molar-refractivity contribution in [3.05, 3.63) is 68.7 Å². The predicted molar refractivity (Wildman–Crippen MR) is 82.6 cm³/mol. The number of non-ortho nitro benzene ring substituents is 1. The number of anilines is 1. The summed E-state index contributed by atoms with van der Waals surface area (Å²) in [5.74, 6) is 0. The molecule has 21 heavy (non-hydrogen) atoms. The standard InChI is InChI=1S/C15H15ClN2O3/c1-17(9-11-2-4-13(16)5-3-11)15-7-6-14(18(20)21)8-12(15)10-19/h2-8,19H,9-10H2,1H3. The maximum atomic E-state index is 10.8. The van der Waals surface area contributed by atoms with Gasteiger partial charge in [-0.3, -0.25) is 10.1 Å². The molecule has 0 amide bonds. The number of benzene rings is 2. The van der Waals surface area contributed by atoms with Crippen molar-refractivity contribution in [3.8, 4) is 0 Å². The van der Waals surface area contributed by atoms with Crippen molar-refractivity contribution in [3.63, 3.8) is 0 Å². The Morgan fingerprint density at radius 2 is 1.90 bits per heavy atom. The maximum absolute atomic E-state index is 10.8. The first-order valence-corrected chi connectivity index (χ1v) is 6.73. The van der Waals surface area contributed by atoms with Crippen LogP contribution in [0.3, 0.4) is 0 Å². The normalized spacial score (nSPS) is 10.4. The number of hydrogen-bond acceptors (Lipinski definition) is 4. The lowest BCUT2D eigenvalue weighted by Crippen LogP contribution is -2.18. The Balaban J connectivity index is 2.23. The zero-order valence-corrected chi connectivity index (χ0v) is 12.2. The van der Waals surface area contributed by atoms with E-state index >= 15 is 0 Å². The lowest BCUT2D eigenvalue weighted by molar-refractivity contribution is -0.384. The highest BCUT2D eigenvalue weighted by atomic mass is 35.5. The number of aliphatic hydroxyl groups excluding tert-OH is 1. The van der Waals surface area contributed by atoms with Gasteiger partial charge in [-0.25, -0.2) is 0 Å². The lowest BCUT2D eigenvalue weighted by atomic mass is 10.1. The SMILES string of the molecule is CN(Cc1ccc(Cl)cc1)c1ccc([N+](=O)[O-])cc1CO. The third-order valence-corrected chi connectivity index (χ3v) is 3.44. The summed E-state index contributed by atoms with van der Waals surface area (Å²) in [5, 5.41) is 20.9. The molecule has 0 radical (unpaired) electrons. The minimum absolute atomic E-state index is 0.0253. The molecule has 0 spiro atoms. The van der Waals surface area contributed by atoms with Crippen LogP contribution in [0.25, 0.3) is 0 Å². The summed E-state index contributed by atoms with van der Waals surface area (Å²) in [5.41, 5.74) is 2.32. The zero-order valence-electron chi connectivity index (χ0n) is 11.5. The Hall–Kier alpha value is -2.11. The summed E-state index contributed by atoms with van der Waals surface area (Å²) >= 11 is 5.85. The molecule has 0 unspecified atom stereocenters. The smallest absolute Gasteiger partial charge is 0.269 e. The fraction of sp³-hybridized carbons (Fsp3) is 0.200. The van der Waals surface area contributed by atoms with Crippen molar-refractivity contribution in [2.24, 2.45) is 0 Å². The van der Waals surface area contributed by atoms with Crippen LogP contribution in [0.1, 0.15) is 11.1 Å². The number of nitrogens with zero attached hydrogens (tertiary/aromatic N) is 2. The van der Waals surface area contributed by atoms with E-state index in [4.69, 9.17) is 11.6 Å². The largest absolute Gasteiger partial charge is 0.392 e. The maximum Gasteiger partial charge on any atom is 0.269 e. The number of nitro groups is 1. The first-order chi connectivity index (χ1) is 10.0. The van der Waals surface area contributed by atoms with Gasteiger partial charge in [-0.2, -0.15) is 0 Å². The second-order valence-corrected chi connectivity index (χ2v) is 5.15. The van der Waals surface area contributed by atoms with E-state index in [9.17, 15) is 15.2 Å². The molecule has 2 rings (SSSR count). The minimum atomic E-state index is -0.470. The summed E-state index contributed by atoms with van der Waals surface area (Å²) in [6.07, 6.45) is 0. The van der Waals surface area contributed by atoms with Crippen LogP contribution in [0, 0.1) is 10.1 Å². The van der Waals surface area contributed by atoms with E-state index in [1.807, 2.05) is 36.2 Å². The van der Waals surface area contributed by atoms with Crippen molar-refractivity contribution in [1.29, 1.82) is 0 Å². The van der Waals surface area contributed by atoms with Gasteiger partial charge in [-0.15, -0.1) is 0 Å². The first kappa shape index (κ1) is 15.3. The van der Waals surface area contributed by atoms with Crippen LogP contribution in [-0.4, -0.2) is 17.1 Å². The average Bonchev–Trinajstić information content (AvgIpc) is 2.48. The number of aliphatic hydroxyl groups is 1. The summed E-state index contributed by atoms with van der Waals surface area (Å²) in [6.45, 7) is 0.365. The van der Waals surface area contributed by atoms with Gasteiger partial charge in [0.05, 0.1) is 11.5 Å². The van der Waals surface area contributed by atoms with E-state index in [2.05, 4.69) is 0 Å². The molecular weight excluding hydrogens is 292 g/mol. The molecule has 0 aliphatic rings. The van der Waals surface area contributed by atoms with Crippen molar-refractivity contribution in [1.82, 2.24) is 0 Å². The van der Waals surface area contributed by atoms with Crippen LogP contribution < -0.4 is 4.90 Å². The number of halogens is 1. The van der Waals surface area contributed by atoms with E-state index in [1.165, 1.54) is 12.1 Å². The van der Waals surface area contributed by atoms with Gasteiger partial charge in [-0.05, 0) is 23.8 Å². The molecule has 0 saturated heterocycles. The van der Waals surface area contributed by atoms with Crippen molar-refractivity contribution in [2.45, 2.75) is 13.2 Å². The van der Waals surface area contributed by atoms with Gasteiger partial charge in [0.25, 0.3) is 5.69 Å². The number of rotatable bonds is 5. The molecule has 0 bridgehead atoms. The zero-order chi connectivity index (χ0) is 15.4. The molecule has 2 aromatic rings. The van der Waals surface area contributed by atoms with E-state index in [1.54, 1.807) is 6.07 Å². The Kier molecular flexibility index (Phi) is 4.77. The topological polar surface area (TPSA) is 66.6 Å². The molecule has 110 valence electrons. The third-order valence-electron chi connectivity index (χ3n) is 3.19. The van der Waals surface area contributed by atoms with Gasteiger partial charge in [-0.1, -0.05) is 23.7 Å². The minimum Gasteiger partial charge on any atom is -0.392 e. The quantitative estimate of drug-likeness (QED) is 0.679. The monoisotopic (exact) mass is 306 g/mol. The van der Waals surface area contributed by atoms with Crippen LogP contribution in [0.4, 0.5) is 11.4 Å². The molecule has 5 nitrogen and oxygen atoms in total. The summed E-state index contributed by atoms with van der Waals surface area (Å²) in [4.78, 5) is 12.2. The summed E-state index contributed by atoms with van der Waals surface area (Å²) < 4.78 is 0. The van der Waals surface area contributed by atoms with Gasteiger partial charge in [0.15, 0.2) is 0 Å². The van der Waals surface area contributed by atoms with Crippen LogP contribution in [0.2, 0.25) is 5.02 Å². The van der Waals surface area contributed by atoms with Gasteiger partial charge in [0, 0.05) is 42.0 Å². The molecule has 0 aliphatic heterocycles. The Morgan fingerprint density at radius 3 is 2.48 bits per heavy atom. The van der Waals surface area contributed by atoms with Crippen LogP contribution in [0.5, 0.6) is 0 Å². The average molecular weight is 307 g/mol. The third kappa shape index (κ3) is 3.71. The second-order valence-electron chi connectivity index (χ2n) is 4.71. The highest BCUT2D eigenvalue weighted by Crippen LogP contribution is 2.26. The van der Waals surface area contributed by atoms with E-state index in [-0.39, 0.29) is 12.3 Å². The van der Waals surface area contributed by atoms with E-state index in [0.717, 1.165) is 11.3 Å².